The van der Waals surface area contributed by atoms with Gasteiger partial charge in [-0.15, -0.1) is 0 Å². The largest absolute Gasteiger partial charge is 0.353 e. The first-order valence-electron chi connectivity index (χ1n) is 9.37. The summed E-state index contributed by atoms with van der Waals surface area (Å²) in [5, 5.41) is 12.1. The van der Waals surface area contributed by atoms with Crippen LogP contribution in [0.2, 0.25) is 0 Å². The number of H-pyrrole nitrogens is 1. The lowest BCUT2D eigenvalue weighted by atomic mass is 10.00. The highest BCUT2D eigenvalue weighted by Crippen LogP contribution is 2.26. The van der Waals surface area contributed by atoms with Gasteiger partial charge in [0.1, 0.15) is 5.82 Å². The maximum atomic E-state index is 4.94. The summed E-state index contributed by atoms with van der Waals surface area (Å²) in [5.41, 5.74) is 2.56. The average Bonchev–Trinajstić information content (AvgIpc) is 3.05. The fourth-order valence-corrected chi connectivity index (χ4v) is 3.86. The van der Waals surface area contributed by atoms with E-state index in [4.69, 9.17) is 4.98 Å². The molecule has 0 radical (unpaired) electrons. The van der Waals surface area contributed by atoms with E-state index in [1.807, 2.05) is 18.2 Å². The predicted octanol–water partition coefficient (Wildman–Crippen LogP) is 3.23. The molecular formula is C20H26N6. The first-order valence-corrected chi connectivity index (χ1v) is 9.37. The molecule has 1 saturated heterocycles. The molecule has 0 amide bonds. The highest BCUT2D eigenvalue weighted by atomic mass is 15.3. The second kappa shape index (κ2) is 7.03. The number of nitrogens with one attached hydrogen (secondary N) is 2. The summed E-state index contributed by atoms with van der Waals surface area (Å²) in [4.78, 5) is 11.6. The minimum absolute atomic E-state index is 0.454. The van der Waals surface area contributed by atoms with Gasteiger partial charge in [-0.3, -0.25) is 5.10 Å². The Kier molecular flexibility index (Phi) is 4.59. The molecule has 0 bridgehead atoms. The van der Waals surface area contributed by atoms with Crippen molar-refractivity contribution in [1.29, 1.82) is 0 Å². The molecule has 2 atom stereocenters. The molecule has 6 heteroatoms. The Morgan fingerprint density at radius 3 is 2.92 bits per heavy atom. The topological polar surface area (TPSA) is 69.7 Å². The van der Waals surface area contributed by atoms with Crippen LogP contribution in [-0.2, 0) is 0 Å². The summed E-state index contributed by atoms with van der Waals surface area (Å²) >= 11 is 0. The Morgan fingerprint density at radius 1 is 1.19 bits per heavy atom. The van der Waals surface area contributed by atoms with Gasteiger partial charge >= 0.3 is 0 Å². The van der Waals surface area contributed by atoms with E-state index in [1.54, 1.807) is 6.20 Å². The number of hydrogen-bond donors (Lipinski definition) is 2. The first-order chi connectivity index (χ1) is 12.6. The van der Waals surface area contributed by atoms with Crippen LogP contribution < -0.4 is 10.2 Å². The summed E-state index contributed by atoms with van der Waals surface area (Å²) in [5.74, 6) is 1.71. The average molecular weight is 350 g/mol. The molecule has 0 spiro atoms. The van der Waals surface area contributed by atoms with E-state index in [0.717, 1.165) is 41.3 Å². The number of aromatic amines is 1. The molecule has 0 saturated carbocycles. The number of rotatable bonds is 4. The minimum Gasteiger partial charge on any atom is -0.353 e. The molecule has 0 aromatic carbocycles. The molecule has 0 unspecified atom stereocenters. The number of aromatic nitrogens is 4. The van der Waals surface area contributed by atoms with Crippen molar-refractivity contribution in [3.05, 3.63) is 36.5 Å². The van der Waals surface area contributed by atoms with Crippen LogP contribution in [-0.4, -0.2) is 45.3 Å². The van der Waals surface area contributed by atoms with E-state index in [-0.39, 0.29) is 0 Å². The van der Waals surface area contributed by atoms with Gasteiger partial charge in [0.25, 0.3) is 0 Å². The van der Waals surface area contributed by atoms with Crippen molar-refractivity contribution in [3.63, 3.8) is 0 Å². The van der Waals surface area contributed by atoms with Crippen molar-refractivity contribution >= 4 is 16.9 Å². The van der Waals surface area contributed by atoms with E-state index in [2.05, 4.69) is 58.3 Å². The molecule has 2 N–H and O–H groups in total. The predicted molar refractivity (Wildman–Crippen MR) is 105 cm³/mol. The van der Waals surface area contributed by atoms with Crippen LogP contribution in [0.3, 0.4) is 0 Å². The van der Waals surface area contributed by atoms with Crippen LogP contribution in [0.15, 0.2) is 36.5 Å². The van der Waals surface area contributed by atoms with E-state index in [0.29, 0.717) is 18.0 Å². The van der Waals surface area contributed by atoms with Gasteiger partial charge in [0.2, 0.25) is 0 Å². The monoisotopic (exact) mass is 350 g/mol. The lowest BCUT2D eigenvalue weighted by molar-refractivity contribution is 0.340. The molecule has 3 aromatic rings. The van der Waals surface area contributed by atoms with Crippen molar-refractivity contribution in [1.82, 2.24) is 25.5 Å². The number of piperazine rings is 1. The summed E-state index contributed by atoms with van der Waals surface area (Å²) in [7, 11) is 0. The molecule has 26 heavy (non-hydrogen) atoms. The van der Waals surface area contributed by atoms with Crippen LogP contribution in [0, 0.1) is 5.92 Å². The van der Waals surface area contributed by atoms with Gasteiger partial charge < -0.3 is 10.2 Å². The van der Waals surface area contributed by atoms with E-state index in [9.17, 15) is 0 Å². The molecule has 0 aliphatic carbocycles. The van der Waals surface area contributed by atoms with Gasteiger partial charge in [-0.05, 0) is 43.5 Å². The summed E-state index contributed by atoms with van der Waals surface area (Å²) in [6, 6.07) is 11.1. The Balaban J connectivity index is 1.63. The number of anilines is 1. The molecule has 4 rings (SSSR count). The van der Waals surface area contributed by atoms with Gasteiger partial charge in [-0.25, -0.2) is 9.97 Å². The Morgan fingerprint density at radius 2 is 2.08 bits per heavy atom. The lowest BCUT2D eigenvalue weighted by Crippen LogP contribution is -2.56. The number of hydrogen-bond acceptors (Lipinski definition) is 5. The lowest BCUT2D eigenvalue weighted by Gasteiger charge is -2.39. The van der Waals surface area contributed by atoms with Crippen molar-refractivity contribution in [2.45, 2.75) is 39.3 Å². The highest BCUT2D eigenvalue weighted by Gasteiger charge is 2.25. The SMILES string of the molecule is CC(C)C[C@H]1CN(c2cccc(-c3[nH]nc4ncccc34)n2)C[C@@H](C)N1. The molecule has 1 fully saturated rings. The maximum Gasteiger partial charge on any atom is 0.181 e. The third-order valence-electron chi connectivity index (χ3n) is 4.86. The summed E-state index contributed by atoms with van der Waals surface area (Å²) in [6.45, 7) is 8.76. The molecule has 1 aliphatic rings. The number of nitrogens with zero attached hydrogens (tertiary/aromatic N) is 4. The molecule has 3 aromatic heterocycles. The van der Waals surface area contributed by atoms with E-state index < -0.39 is 0 Å². The summed E-state index contributed by atoms with van der Waals surface area (Å²) in [6.07, 6.45) is 2.94. The van der Waals surface area contributed by atoms with Gasteiger partial charge in [0, 0.05) is 36.8 Å². The standard InChI is InChI=1S/C20H26N6/c1-13(2)10-15-12-26(11-14(3)22-15)18-8-4-7-17(23-18)19-16-6-5-9-21-20(16)25-24-19/h4-9,13-15,22H,10-12H2,1-3H3,(H,21,24,25)/t14-,15+/m1/s1. The second-order valence-corrected chi connectivity index (χ2v) is 7.65. The zero-order valence-electron chi connectivity index (χ0n) is 15.6. The third-order valence-corrected chi connectivity index (χ3v) is 4.86. The van der Waals surface area contributed by atoms with Crippen molar-refractivity contribution in [2.75, 3.05) is 18.0 Å². The van der Waals surface area contributed by atoms with Crippen molar-refractivity contribution < 1.29 is 0 Å². The highest BCUT2D eigenvalue weighted by molar-refractivity contribution is 5.89. The maximum absolute atomic E-state index is 4.94. The molecule has 4 heterocycles. The van der Waals surface area contributed by atoms with Gasteiger partial charge in [-0.1, -0.05) is 19.9 Å². The Labute approximate surface area is 154 Å². The van der Waals surface area contributed by atoms with E-state index in [1.165, 1.54) is 6.42 Å². The molecule has 1 aliphatic heterocycles. The fraction of sp³-hybridized carbons (Fsp3) is 0.450. The Hall–Kier alpha value is -2.47. The van der Waals surface area contributed by atoms with Gasteiger partial charge in [0.15, 0.2) is 5.65 Å². The van der Waals surface area contributed by atoms with Crippen LogP contribution >= 0.6 is 0 Å². The van der Waals surface area contributed by atoms with Crippen molar-refractivity contribution in [3.8, 4) is 11.4 Å². The molecular weight excluding hydrogens is 324 g/mol. The van der Waals surface area contributed by atoms with Crippen molar-refractivity contribution in [2.24, 2.45) is 5.92 Å². The number of fused-ring (bicyclic) bond motifs is 1. The quantitative estimate of drug-likeness (QED) is 0.756. The van der Waals surface area contributed by atoms with Crippen LogP contribution in [0.4, 0.5) is 5.82 Å². The smallest absolute Gasteiger partial charge is 0.181 e. The van der Waals surface area contributed by atoms with Gasteiger partial charge in [-0.2, -0.15) is 5.10 Å². The first kappa shape index (κ1) is 17.0. The zero-order valence-corrected chi connectivity index (χ0v) is 15.6. The third kappa shape index (κ3) is 3.42. The molecule has 6 nitrogen and oxygen atoms in total. The normalized spacial score (nSPS) is 20.8. The summed E-state index contributed by atoms with van der Waals surface area (Å²) < 4.78 is 0. The van der Waals surface area contributed by atoms with Crippen LogP contribution in [0.1, 0.15) is 27.2 Å². The number of pyridine rings is 2. The Bertz CT molecular complexity index is 885. The van der Waals surface area contributed by atoms with E-state index >= 15 is 0 Å². The minimum atomic E-state index is 0.454. The van der Waals surface area contributed by atoms with Crippen LogP contribution in [0.25, 0.3) is 22.4 Å². The zero-order chi connectivity index (χ0) is 18.1. The van der Waals surface area contributed by atoms with Crippen LogP contribution in [0.5, 0.6) is 0 Å². The van der Waals surface area contributed by atoms with Gasteiger partial charge in [0.05, 0.1) is 11.4 Å². The fourth-order valence-electron chi connectivity index (χ4n) is 3.86. The molecule has 136 valence electrons. The second-order valence-electron chi connectivity index (χ2n) is 7.65.